The van der Waals surface area contributed by atoms with Crippen LogP contribution in [0.15, 0.2) is 12.4 Å². The summed E-state index contributed by atoms with van der Waals surface area (Å²) in [7, 11) is 0. The molecule has 0 radical (unpaired) electrons. The molecule has 0 spiro atoms. The lowest BCUT2D eigenvalue weighted by atomic mass is 10.00. The Labute approximate surface area is 138 Å². The molecule has 8 nitrogen and oxygen atoms in total. The first-order valence-electron chi connectivity index (χ1n) is 7.70. The average Bonchev–Trinajstić information content (AvgIpc) is 3.19. The van der Waals surface area contributed by atoms with Crippen molar-refractivity contribution in [1.82, 2.24) is 29.7 Å². The van der Waals surface area contributed by atoms with Crippen molar-refractivity contribution in [3.63, 3.8) is 0 Å². The lowest BCUT2D eigenvalue weighted by Gasteiger charge is -2.40. The van der Waals surface area contributed by atoms with E-state index in [0.717, 1.165) is 12.1 Å². The summed E-state index contributed by atoms with van der Waals surface area (Å²) in [4.78, 5) is 14.7. The Kier molecular flexibility index (Phi) is 3.57. The Balaban J connectivity index is 1.60. The summed E-state index contributed by atoms with van der Waals surface area (Å²) >= 11 is 6.16. The van der Waals surface area contributed by atoms with Crippen molar-refractivity contribution < 1.29 is 9.53 Å². The average molecular weight is 337 g/mol. The highest BCUT2D eigenvalue weighted by molar-refractivity contribution is 6.33. The molecule has 122 valence electrons. The smallest absolute Gasteiger partial charge is 0.273 e. The molecule has 0 bridgehead atoms. The normalized spacial score (nSPS) is 23.5. The molecule has 0 saturated carbocycles. The molecular weight excluding hydrogens is 320 g/mol. The Morgan fingerprint density at radius 2 is 2.35 bits per heavy atom. The number of rotatable bonds is 2. The molecule has 4 rings (SSSR count). The van der Waals surface area contributed by atoms with Crippen LogP contribution in [0.25, 0.3) is 0 Å². The van der Waals surface area contributed by atoms with E-state index in [2.05, 4.69) is 15.4 Å². The van der Waals surface area contributed by atoms with Gasteiger partial charge in [0.05, 0.1) is 41.9 Å². The van der Waals surface area contributed by atoms with Crippen LogP contribution in [0.2, 0.25) is 5.02 Å². The number of halogens is 1. The largest absolute Gasteiger partial charge is 0.370 e. The second-order valence-corrected chi connectivity index (χ2v) is 6.19. The van der Waals surface area contributed by atoms with E-state index in [1.165, 1.54) is 6.20 Å². The molecule has 0 aromatic carbocycles. The molecule has 4 heterocycles. The first kappa shape index (κ1) is 14.6. The first-order valence-corrected chi connectivity index (χ1v) is 8.08. The van der Waals surface area contributed by atoms with Gasteiger partial charge in [0, 0.05) is 19.6 Å². The first-order chi connectivity index (χ1) is 11.2. The third kappa shape index (κ3) is 2.33. The fourth-order valence-electron chi connectivity index (χ4n) is 3.33. The molecule has 2 aliphatic heterocycles. The van der Waals surface area contributed by atoms with Gasteiger partial charge >= 0.3 is 0 Å². The second kappa shape index (κ2) is 5.61. The predicted octanol–water partition coefficient (Wildman–Crippen LogP) is 1.13. The van der Waals surface area contributed by atoms with Gasteiger partial charge in [-0.05, 0) is 13.3 Å². The fraction of sp³-hybridized carbons (Fsp3) is 0.571. The standard InChI is InChI=1S/C14H17ClN6O2/c1-2-20-13(10(15)6-17-20)14(22)19-4-3-12-11(7-19)21-9(8-23-12)5-16-18-21/h5-6,11-12H,2-4,7-8H2,1H3/t11-,12+/m0/s1. The summed E-state index contributed by atoms with van der Waals surface area (Å²) in [5.74, 6) is -0.0972. The van der Waals surface area contributed by atoms with Gasteiger partial charge in [0.1, 0.15) is 5.69 Å². The van der Waals surface area contributed by atoms with Crippen molar-refractivity contribution in [2.45, 2.75) is 38.6 Å². The minimum absolute atomic E-state index is 0.00396. The number of piperidine rings is 1. The lowest BCUT2D eigenvalue weighted by molar-refractivity contribution is -0.0606. The molecule has 0 N–H and O–H groups in total. The van der Waals surface area contributed by atoms with E-state index in [0.29, 0.717) is 37.0 Å². The number of hydrogen-bond acceptors (Lipinski definition) is 5. The van der Waals surface area contributed by atoms with E-state index in [9.17, 15) is 4.79 Å². The van der Waals surface area contributed by atoms with Crippen LogP contribution >= 0.6 is 11.6 Å². The van der Waals surface area contributed by atoms with Crippen LogP contribution in [-0.4, -0.2) is 54.8 Å². The van der Waals surface area contributed by atoms with E-state index in [-0.39, 0.29) is 18.1 Å². The molecule has 2 aromatic heterocycles. The van der Waals surface area contributed by atoms with Crippen molar-refractivity contribution in [3.8, 4) is 0 Å². The minimum atomic E-state index is -0.0972. The van der Waals surface area contributed by atoms with Gasteiger partial charge in [-0.2, -0.15) is 5.10 Å². The molecule has 1 fully saturated rings. The number of nitrogens with zero attached hydrogens (tertiary/aromatic N) is 6. The van der Waals surface area contributed by atoms with E-state index in [1.54, 1.807) is 15.8 Å². The summed E-state index contributed by atoms with van der Waals surface area (Å²) < 4.78 is 9.39. The topological polar surface area (TPSA) is 78.1 Å². The molecule has 2 aliphatic rings. The maximum atomic E-state index is 12.9. The van der Waals surface area contributed by atoms with Gasteiger partial charge in [-0.1, -0.05) is 16.8 Å². The predicted molar refractivity (Wildman–Crippen MR) is 81.1 cm³/mol. The van der Waals surface area contributed by atoms with Crippen molar-refractivity contribution in [2.75, 3.05) is 13.1 Å². The number of amides is 1. The van der Waals surface area contributed by atoms with Crippen LogP contribution < -0.4 is 0 Å². The van der Waals surface area contributed by atoms with Crippen molar-refractivity contribution in [3.05, 3.63) is 28.8 Å². The third-order valence-corrected chi connectivity index (χ3v) is 4.79. The zero-order chi connectivity index (χ0) is 16.0. The molecule has 2 atom stereocenters. The van der Waals surface area contributed by atoms with Crippen LogP contribution in [0.5, 0.6) is 0 Å². The molecule has 1 amide bonds. The van der Waals surface area contributed by atoms with Crippen LogP contribution in [0.3, 0.4) is 0 Å². The Morgan fingerprint density at radius 3 is 3.17 bits per heavy atom. The Bertz CT molecular complexity index is 741. The SMILES string of the molecule is CCn1ncc(Cl)c1C(=O)N1CC[C@H]2OCc3cnnn3[C@H]2C1. The molecule has 9 heteroatoms. The number of likely N-dealkylation sites (tertiary alicyclic amines) is 1. The minimum Gasteiger partial charge on any atom is -0.370 e. The van der Waals surface area contributed by atoms with E-state index >= 15 is 0 Å². The highest BCUT2D eigenvalue weighted by atomic mass is 35.5. The van der Waals surface area contributed by atoms with Gasteiger partial charge < -0.3 is 9.64 Å². The molecule has 1 saturated heterocycles. The second-order valence-electron chi connectivity index (χ2n) is 5.78. The van der Waals surface area contributed by atoms with Crippen LogP contribution in [-0.2, 0) is 17.9 Å². The van der Waals surface area contributed by atoms with E-state index in [4.69, 9.17) is 16.3 Å². The van der Waals surface area contributed by atoms with Crippen LogP contribution in [0.4, 0.5) is 0 Å². The maximum Gasteiger partial charge on any atom is 0.273 e. The molecular formula is C14H17ClN6O2. The highest BCUT2D eigenvalue weighted by Gasteiger charge is 2.38. The lowest BCUT2D eigenvalue weighted by Crippen LogP contribution is -2.50. The maximum absolute atomic E-state index is 12.9. The van der Waals surface area contributed by atoms with Gasteiger partial charge in [-0.25, -0.2) is 4.68 Å². The van der Waals surface area contributed by atoms with Crippen LogP contribution in [0.1, 0.15) is 35.6 Å². The molecule has 2 aromatic rings. The Hall–Kier alpha value is -1.93. The van der Waals surface area contributed by atoms with Crippen molar-refractivity contribution in [2.24, 2.45) is 0 Å². The number of carbonyl (C=O) groups excluding carboxylic acids is 1. The van der Waals surface area contributed by atoms with Crippen molar-refractivity contribution in [1.29, 1.82) is 0 Å². The highest BCUT2D eigenvalue weighted by Crippen LogP contribution is 2.31. The van der Waals surface area contributed by atoms with Crippen molar-refractivity contribution >= 4 is 17.5 Å². The van der Waals surface area contributed by atoms with Gasteiger partial charge in [0.2, 0.25) is 0 Å². The summed E-state index contributed by atoms with van der Waals surface area (Å²) in [5, 5.41) is 12.6. The zero-order valence-electron chi connectivity index (χ0n) is 12.7. The van der Waals surface area contributed by atoms with Gasteiger partial charge in [-0.3, -0.25) is 9.48 Å². The van der Waals surface area contributed by atoms with Gasteiger partial charge in [-0.15, -0.1) is 5.10 Å². The fourth-order valence-corrected chi connectivity index (χ4v) is 3.55. The summed E-state index contributed by atoms with van der Waals surface area (Å²) in [6.07, 6.45) is 4.07. The van der Waals surface area contributed by atoms with E-state index < -0.39 is 0 Å². The van der Waals surface area contributed by atoms with Gasteiger partial charge in [0.25, 0.3) is 5.91 Å². The third-order valence-electron chi connectivity index (χ3n) is 4.51. The Morgan fingerprint density at radius 1 is 1.48 bits per heavy atom. The van der Waals surface area contributed by atoms with Gasteiger partial charge in [0.15, 0.2) is 0 Å². The molecule has 0 unspecified atom stereocenters. The number of carbonyl (C=O) groups is 1. The summed E-state index contributed by atoms with van der Waals surface area (Å²) in [5.41, 5.74) is 1.39. The van der Waals surface area contributed by atoms with Crippen LogP contribution in [0, 0.1) is 0 Å². The number of aromatic nitrogens is 5. The number of hydrogen-bond donors (Lipinski definition) is 0. The summed E-state index contributed by atoms with van der Waals surface area (Å²) in [6, 6.07) is -0.00396. The molecule has 0 aliphatic carbocycles. The molecule has 23 heavy (non-hydrogen) atoms. The zero-order valence-corrected chi connectivity index (χ0v) is 13.5. The number of aryl methyl sites for hydroxylation is 1. The quantitative estimate of drug-likeness (QED) is 0.821. The van der Waals surface area contributed by atoms with E-state index in [1.807, 2.05) is 11.6 Å². The monoisotopic (exact) mass is 336 g/mol. The number of ether oxygens (including phenoxy) is 1. The summed E-state index contributed by atoms with van der Waals surface area (Å²) in [6.45, 7) is 4.23. The number of fused-ring (bicyclic) bond motifs is 3.